The van der Waals surface area contributed by atoms with E-state index in [0.717, 1.165) is 5.56 Å². The standard InChI is InChI=1S/C21H15F3N4O/c22-21(23,24)20-26-16-7-6-15(12-17(16)27-20)18(13-4-2-1-3-5-13)28-19(29)14-8-10-25-11-9-14/h1-12,18H,(H,26,27)(H,28,29)/t18-/m0/s1. The molecule has 0 unspecified atom stereocenters. The average Bonchev–Trinajstić information content (AvgIpc) is 3.17. The average molecular weight is 396 g/mol. The van der Waals surface area contributed by atoms with Crippen LogP contribution in [0.2, 0.25) is 0 Å². The highest BCUT2D eigenvalue weighted by atomic mass is 19.4. The first-order valence-electron chi connectivity index (χ1n) is 8.74. The number of pyridine rings is 1. The van der Waals surface area contributed by atoms with Crippen molar-refractivity contribution < 1.29 is 18.0 Å². The van der Waals surface area contributed by atoms with E-state index in [0.29, 0.717) is 11.1 Å². The minimum Gasteiger partial charge on any atom is -0.341 e. The summed E-state index contributed by atoms with van der Waals surface area (Å²) in [5, 5.41) is 2.94. The molecule has 2 N–H and O–H groups in total. The van der Waals surface area contributed by atoms with Crippen molar-refractivity contribution in [2.24, 2.45) is 0 Å². The summed E-state index contributed by atoms with van der Waals surface area (Å²) in [5.74, 6) is -1.37. The number of hydrogen-bond acceptors (Lipinski definition) is 3. The number of rotatable bonds is 4. The lowest BCUT2D eigenvalue weighted by Gasteiger charge is -2.20. The second kappa shape index (κ2) is 7.38. The van der Waals surface area contributed by atoms with E-state index in [2.05, 4.69) is 20.3 Å². The number of nitrogens with one attached hydrogen (secondary N) is 2. The van der Waals surface area contributed by atoms with Crippen LogP contribution in [0, 0.1) is 0 Å². The number of imidazole rings is 1. The Morgan fingerprint density at radius 2 is 1.69 bits per heavy atom. The number of aromatic amines is 1. The highest BCUT2D eigenvalue weighted by molar-refractivity contribution is 5.94. The van der Waals surface area contributed by atoms with Crippen molar-refractivity contribution in [2.75, 3.05) is 0 Å². The summed E-state index contributed by atoms with van der Waals surface area (Å²) in [4.78, 5) is 22.5. The maximum Gasteiger partial charge on any atom is 0.449 e. The smallest absolute Gasteiger partial charge is 0.341 e. The Morgan fingerprint density at radius 1 is 0.966 bits per heavy atom. The fourth-order valence-corrected chi connectivity index (χ4v) is 3.06. The number of amides is 1. The number of H-pyrrole nitrogens is 1. The van der Waals surface area contributed by atoms with Crippen molar-refractivity contribution >= 4 is 16.9 Å². The van der Waals surface area contributed by atoms with E-state index in [9.17, 15) is 18.0 Å². The second-order valence-electron chi connectivity index (χ2n) is 6.41. The van der Waals surface area contributed by atoms with Crippen molar-refractivity contribution in [1.82, 2.24) is 20.3 Å². The minimum absolute atomic E-state index is 0.202. The van der Waals surface area contributed by atoms with Crippen molar-refractivity contribution in [3.05, 3.63) is 95.6 Å². The molecule has 29 heavy (non-hydrogen) atoms. The van der Waals surface area contributed by atoms with Gasteiger partial charge in [-0.05, 0) is 35.4 Å². The lowest BCUT2D eigenvalue weighted by molar-refractivity contribution is -0.144. The molecule has 8 heteroatoms. The third kappa shape index (κ3) is 3.96. The molecule has 1 amide bonds. The maximum atomic E-state index is 13.0. The van der Waals surface area contributed by atoms with Crippen LogP contribution < -0.4 is 5.32 Å². The summed E-state index contributed by atoms with van der Waals surface area (Å²) in [6, 6.07) is 16.6. The van der Waals surface area contributed by atoms with Gasteiger partial charge in [0.25, 0.3) is 5.91 Å². The van der Waals surface area contributed by atoms with Crippen LogP contribution in [0.3, 0.4) is 0 Å². The molecule has 2 aromatic carbocycles. The first kappa shape index (κ1) is 18.7. The molecule has 5 nitrogen and oxygen atoms in total. The van der Waals surface area contributed by atoms with Crippen LogP contribution in [0.4, 0.5) is 13.2 Å². The molecule has 0 aliphatic heterocycles. The lowest BCUT2D eigenvalue weighted by atomic mass is 9.98. The molecule has 2 aromatic heterocycles. The summed E-state index contributed by atoms with van der Waals surface area (Å²) < 4.78 is 38.9. The second-order valence-corrected chi connectivity index (χ2v) is 6.41. The first-order chi connectivity index (χ1) is 13.9. The Balaban J connectivity index is 1.74. The van der Waals surface area contributed by atoms with Gasteiger partial charge >= 0.3 is 6.18 Å². The molecule has 1 atom stereocenters. The minimum atomic E-state index is -4.56. The van der Waals surface area contributed by atoms with Gasteiger partial charge < -0.3 is 10.3 Å². The van der Waals surface area contributed by atoms with Crippen LogP contribution in [0.5, 0.6) is 0 Å². The van der Waals surface area contributed by atoms with E-state index in [4.69, 9.17) is 0 Å². The fourth-order valence-electron chi connectivity index (χ4n) is 3.06. The van der Waals surface area contributed by atoms with E-state index in [1.165, 1.54) is 18.5 Å². The Morgan fingerprint density at radius 3 is 2.38 bits per heavy atom. The Labute approximate surface area is 163 Å². The van der Waals surface area contributed by atoms with Crippen molar-refractivity contribution in [2.45, 2.75) is 12.2 Å². The summed E-state index contributed by atoms with van der Waals surface area (Å²) in [6.45, 7) is 0. The van der Waals surface area contributed by atoms with E-state index >= 15 is 0 Å². The summed E-state index contributed by atoms with van der Waals surface area (Å²) >= 11 is 0. The summed E-state index contributed by atoms with van der Waals surface area (Å²) in [5.41, 5.74) is 2.30. The van der Waals surface area contributed by atoms with E-state index in [1.807, 2.05) is 30.3 Å². The molecule has 0 aliphatic rings. The number of aromatic nitrogens is 3. The number of carbonyl (C=O) groups is 1. The molecule has 146 valence electrons. The molecule has 0 aliphatic carbocycles. The van der Waals surface area contributed by atoms with E-state index in [1.54, 1.807) is 24.3 Å². The summed E-state index contributed by atoms with van der Waals surface area (Å²) in [6.07, 6.45) is -1.53. The lowest BCUT2D eigenvalue weighted by Crippen LogP contribution is -2.29. The van der Waals surface area contributed by atoms with Gasteiger partial charge in [-0.1, -0.05) is 36.4 Å². The number of halogens is 3. The van der Waals surface area contributed by atoms with Gasteiger partial charge in [-0.25, -0.2) is 4.98 Å². The van der Waals surface area contributed by atoms with E-state index < -0.39 is 18.0 Å². The predicted octanol–water partition coefficient (Wildman–Crippen LogP) is 4.50. The molecular formula is C21H15F3N4O. The zero-order valence-electron chi connectivity index (χ0n) is 14.9. The zero-order chi connectivity index (χ0) is 20.4. The quantitative estimate of drug-likeness (QED) is 0.534. The molecule has 0 spiro atoms. The number of fused-ring (bicyclic) bond motifs is 1. The molecule has 0 saturated carbocycles. The van der Waals surface area contributed by atoms with Gasteiger partial charge in [0.15, 0.2) is 0 Å². The molecule has 4 aromatic rings. The van der Waals surface area contributed by atoms with Gasteiger partial charge in [0.2, 0.25) is 5.82 Å². The van der Waals surface area contributed by atoms with Crippen LogP contribution in [0.1, 0.15) is 33.4 Å². The number of benzene rings is 2. The maximum absolute atomic E-state index is 13.0. The molecule has 0 saturated heterocycles. The highest BCUT2D eigenvalue weighted by Crippen LogP contribution is 2.30. The predicted molar refractivity (Wildman–Crippen MR) is 101 cm³/mol. The van der Waals surface area contributed by atoms with Gasteiger partial charge in [-0.3, -0.25) is 9.78 Å². The van der Waals surface area contributed by atoms with Gasteiger partial charge in [-0.2, -0.15) is 13.2 Å². The fraction of sp³-hybridized carbons (Fsp3) is 0.0952. The molecule has 4 rings (SSSR count). The Kier molecular flexibility index (Phi) is 4.75. The van der Waals surface area contributed by atoms with Gasteiger partial charge in [0.1, 0.15) is 0 Å². The monoisotopic (exact) mass is 396 g/mol. The molecule has 0 bridgehead atoms. The third-order valence-electron chi connectivity index (χ3n) is 4.46. The SMILES string of the molecule is O=C(N[C@@H](c1ccccc1)c1ccc2nc(C(F)(F)F)[nH]c2c1)c1ccncc1. The van der Waals surface area contributed by atoms with Crippen LogP contribution in [-0.4, -0.2) is 20.9 Å². The normalized spacial score (nSPS) is 12.7. The Hall–Kier alpha value is -3.68. The summed E-state index contributed by atoms with van der Waals surface area (Å²) in [7, 11) is 0. The van der Waals surface area contributed by atoms with Gasteiger partial charge in [0, 0.05) is 18.0 Å². The largest absolute Gasteiger partial charge is 0.449 e. The number of nitrogens with zero attached hydrogens (tertiary/aromatic N) is 2. The highest BCUT2D eigenvalue weighted by Gasteiger charge is 2.34. The number of carbonyl (C=O) groups excluding carboxylic acids is 1. The van der Waals surface area contributed by atoms with Crippen LogP contribution >= 0.6 is 0 Å². The number of hydrogen-bond donors (Lipinski definition) is 2. The third-order valence-corrected chi connectivity index (χ3v) is 4.46. The molecular weight excluding hydrogens is 381 g/mol. The molecule has 2 heterocycles. The zero-order valence-corrected chi connectivity index (χ0v) is 14.9. The Bertz CT molecular complexity index is 1140. The van der Waals surface area contributed by atoms with Crippen molar-refractivity contribution in [1.29, 1.82) is 0 Å². The van der Waals surface area contributed by atoms with Crippen molar-refractivity contribution in [3.8, 4) is 0 Å². The van der Waals surface area contributed by atoms with Crippen LogP contribution in [0.25, 0.3) is 11.0 Å². The van der Waals surface area contributed by atoms with Crippen LogP contribution in [-0.2, 0) is 6.18 Å². The molecule has 0 radical (unpaired) electrons. The van der Waals surface area contributed by atoms with Crippen molar-refractivity contribution in [3.63, 3.8) is 0 Å². The van der Waals surface area contributed by atoms with Crippen LogP contribution in [0.15, 0.2) is 73.1 Å². The number of alkyl halides is 3. The first-order valence-corrected chi connectivity index (χ1v) is 8.74. The topological polar surface area (TPSA) is 70.7 Å². The molecule has 0 fully saturated rings. The van der Waals surface area contributed by atoms with E-state index in [-0.39, 0.29) is 16.9 Å². The van der Waals surface area contributed by atoms with Gasteiger partial charge in [0.05, 0.1) is 17.1 Å². The van der Waals surface area contributed by atoms with Gasteiger partial charge in [-0.15, -0.1) is 0 Å².